The van der Waals surface area contributed by atoms with Gasteiger partial charge in [-0.15, -0.1) is 0 Å². The van der Waals surface area contributed by atoms with Crippen molar-refractivity contribution in [2.45, 2.75) is 24.8 Å². The predicted octanol–water partition coefficient (Wildman–Crippen LogP) is 3.24. The third-order valence-corrected chi connectivity index (χ3v) is 5.01. The van der Waals surface area contributed by atoms with E-state index in [9.17, 15) is 4.79 Å². The highest BCUT2D eigenvalue weighted by Gasteiger charge is 2.34. The van der Waals surface area contributed by atoms with Gasteiger partial charge in [-0.3, -0.25) is 0 Å². The lowest BCUT2D eigenvalue weighted by Gasteiger charge is -2.38. The van der Waals surface area contributed by atoms with Gasteiger partial charge in [-0.05, 0) is 36.1 Å². The molecule has 0 saturated carbocycles. The molecule has 0 aliphatic carbocycles. The van der Waals surface area contributed by atoms with E-state index in [4.69, 9.17) is 9.47 Å². The molecule has 138 valence electrons. The zero-order valence-electron chi connectivity index (χ0n) is 15.2. The highest BCUT2D eigenvalue weighted by atomic mass is 16.5. The molecule has 2 aromatic carbocycles. The Morgan fingerprint density at radius 3 is 2.58 bits per heavy atom. The summed E-state index contributed by atoms with van der Waals surface area (Å²) in [5, 5.41) is 5.98. The summed E-state index contributed by atoms with van der Waals surface area (Å²) in [6.07, 6.45) is 1.82. The Bertz CT molecular complexity index is 712. The van der Waals surface area contributed by atoms with Crippen molar-refractivity contribution in [3.8, 4) is 5.75 Å². The van der Waals surface area contributed by atoms with E-state index >= 15 is 0 Å². The summed E-state index contributed by atoms with van der Waals surface area (Å²) in [5.74, 6) is 0.787. The summed E-state index contributed by atoms with van der Waals surface area (Å²) in [5.41, 5.74) is 2.20. The van der Waals surface area contributed by atoms with Gasteiger partial charge in [0.05, 0.1) is 7.11 Å². The molecule has 26 heavy (non-hydrogen) atoms. The van der Waals surface area contributed by atoms with E-state index in [0.29, 0.717) is 13.1 Å². The van der Waals surface area contributed by atoms with Crippen LogP contribution in [0, 0.1) is 0 Å². The Labute approximate surface area is 154 Å². The molecule has 1 aliphatic rings. The monoisotopic (exact) mass is 354 g/mol. The first-order chi connectivity index (χ1) is 12.7. The van der Waals surface area contributed by atoms with E-state index in [1.165, 1.54) is 5.56 Å². The fourth-order valence-electron chi connectivity index (χ4n) is 3.40. The fraction of sp³-hybridized carbons (Fsp3) is 0.381. The van der Waals surface area contributed by atoms with E-state index in [2.05, 4.69) is 34.9 Å². The minimum Gasteiger partial charge on any atom is -0.497 e. The van der Waals surface area contributed by atoms with E-state index in [-0.39, 0.29) is 11.4 Å². The lowest BCUT2D eigenvalue weighted by atomic mass is 9.74. The van der Waals surface area contributed by atoms with Crippen LogP contribution in [-0.4, -0.2) is 32.9 Å². The predicted molar refractivity (Wildman–Crippen MR) is 101 cm³/mol. The van der Waals surface area contributed by atoms with E-state index in [0.717, 1.165) is 37.4 Å². The topological polar surface area (TPSA) is 59.6 Å². The number of urea groups is 1. The van der Waals surface area contributed by atoms with Crippen LogP contribution >= 0.6 is 0 Å². The lowest BCUT2D eigenvalue weighted by Crippen LogP contribution is -2.47. The molecule has 1 heterocycles. The number of nitrogens with one attached hydrogen (secondary N) is 2. The van der Waals surface area contributed by atoms with Gasteiger partial charge in [-0.2, -0.15) is 0 Å². The van der Waals surface area contributed by atoms with Gasteiger partial charge in [0.1, 0.15) is 5.75 Å². The number of methoxy groups -OCH3 is 1. The first kappa shape index (κ1) is 18.3. The van der Waals surface area contributed by atoms with Gasteiger partial charge in [-0.25, -0.2) is 4.79 Å². The summed E-state index contributed by atoms with van der Waals surface area (Å²) in [7, 11) is 1.64. The summed E-state index contributed by atoms with van der Waals surface area (Å²) in [6.45, 7) is 2.51. The van der Waals surface area contributed by atoms with Crippen LogP contribution in [0.15, 0.2) is 54.6 Å². The normalized spacial score (nSPS) is 15.9. The van der Waals surface area contributed by atoms with Crippen LogP contribution in [0.1, 0.15) is 24.0 Å². The van der Waals surface area contributed by atoms with Crippen molar-refractivity contribution >= 4 is 6.03 Å². The van der Waals surface area contributed by atoms with Crippen LogP contribution in [0.2, 0.25) is 0 Å². The maximum atomic E-state index is 12.3. The van der Waals surface area contributed by atoms with E-state index in [1.807, 2.05) is 30.3 Å². The molecule has 0 spiro atoms. The zero-order chi connectivity index (χ0) is 18.2. The number of carbonyl (C=O) groups is 1. The number of ether oxygens (including phenoxy) is 2. The van der Waals surface area contributed by atoms with Gasteiger partial charge < -0.3 is 20.1 Å². The molecular weight excluding hydrogens is 328 g/mol. The van der Waals surface area contributed by atoms with Gasteiger partial charge in [-0.1, -0.05) is 42.5 Å². The molecule has 1 fully saturated rings. The summed E-state index contributed by atoms with van der Waals surface area (Å²) < 4.78 is 10.8. The molecule has 1 aliphatic heterocycles. The van der Waals surface area contributed by atoms with Crippen molar-refractivity contribution in [1.82, 2.24) is 10.6 Å². The second-order valence-corrected chi connectivity index (χ2v) is 6.65. The van der Waals surface area contributed by atoms with Gasteiger partial charge >= 0.3 is 6.03 Å². The third kappa shape index (κ3) is 4.55. The van der Waals surface area contributed by atoms with E-state index in [1.54, 1.807) is 7.11 Å². The Morgan fingerprint density at radius 2 is 1.85 bits per heavy atom. The standard InChI is InChI=1S/C21H26N2O3/c1-25-19-9-5-6-17(14-19)15-22-20(24)23-16-21(10-12-26-13-11-21)18-7-3-2-4-8-18/h2-9,14H,10-13,15-16H2,1H3,(H2,22,23,24). The van der Waals surface area contributed by atoms with Gasteiger partial charge in [0.2, 0.25) is 0 Å². The summed E-state index contributed by atoms with van der Waals surface area (Å²) in [6, 6.07) is 17.9. The molecule has 2 aromatic rings. The Hall–Kier alpha value is -2.53. The minimum absolute atomic E-state index is 0.0627. The quantitative estimate of drug-likeness (QED) is 0.837. The van der Waals surface area contributed by atoms with Crippen molar-refractivity contribution in [2.75, 3.05) is 26.9 Å². The molecule has 5 heteroatoms. The summed E-state index contributed by atoms with van der Waals surface area (Å²) >= 11 is 0. The molecule has 1 saturated heterocycles. The SMILES string of the molecule is COc1cccc(CNC(=O)NCC2(c3ccccc3)CCOCC2)c1. The smallest absolute Gasteiger partial charge is 0.315 e. The fourth-order valence-corrected chi connectivity index (χ4v) is 3.40. The first-order valence-electron chi connectivity index (χ1n) is 9.00. The zero-order valence-corrected chi connectivity index (χ0v) is 15.2. The lowest BCUT2D eigenvalue weighted by molar-refractivity contribution is 0.0507. The highest BCUT2D eigenvalue weighted by molar-refractivity contribution is 5.74. The highest BCUT2D eigenvalue weighted by Crippen LogP contribution is 2.34. The Morgan fingerprint density at radius 1 is 1.08 bits per heavy atom. The molecule has 0 atom stereocenters. The first-order valence-corrected chi connectivity index (χ1v) is 9.00. The molecule has 3 rings (SSSR count). The van der Waals surface area contributed by atoms with Gasteiger partial charge in [0, 0.05) is 31.7 Å². The van der Waals surface area contributed by atoms with Crippen LogP contribution in [-0.2, 0) is 16.7 Å². The average molecular weight is 354 g/mol. The van der Waals surface area contributed by atoms with Crippen molar-refractivity contribution in [3.05, 3.63) is 65.7 Å². The molecule has 0 unspecified atom stereocenters. The van der Waals surface area contributed by atoms with Crippen LogP contribution in [0.4, 0.5) is 4.79 Å². The summed E-state index contributed by atoms with van der Waals surface area (Å²) in [4.78, 5) is 12.3. The second-order valence-electron chi connectivity index (χ2n) is 6.65. The average Bonchev–Trinajstić information content (AvgIpc) is 2.72. The Balaban J connectivity index is 1.57. The van der Waals surface area contributed by atoms with Crippen molar-refractivity contribution in [3.63, 3.8) is 0 Å². The molecule has 2 amide bonds. The van der Waals surface area contributed by atoms with Crippen LogP contribution in [0.5, 0.6) is 5.75 Å². The number of carbonyl (C=O) groups excluding carboxylic acids is 1. The molecular formula is C21H26N2O3. The number of amides is 2. The van der Waals surface area contributed by atoms with E-state index < -0.39 is 0 Å². The number of benzene rings is 2. The van der Waals surface area contributed by atoms with Crippen LogP contribution < -0.4 is 15.4 Å². The minimum atomic E-state index is -0.158. The second kappa shape index (κ2) is 8.72. The number of rotatable bonds is 6. The molecule has 0 bridgehead atoms. The number of hydrogen-bond acceptors (Lipinski definition) is 3. The van der Waals surface area contributed by atoms with Crippen LogP contribution in [0.25, 0.3) is 0 Å². The maximum Gasteiger partial charge on any atom is 0.315 e. The molecule has 0 aromatic heterocycles. The molecule has 5 nitrogen and oxygen atoms in total. The van der Waals surface area contributed by atoms with Gasteiger partial charge in [0.25, 0.3) is 0 Å². The largest absolute Gasteiger partial charge is 0.497 e. The maximum absolute atomic E-state index is 12.3. The van der Waals surface area contributed by atoms with Crippen molar-refractivity contribution < 1.29 is 14.3 Å². The van der Waals surface area contributed by atoms with Crippen molar-refractivity contribution in [2.24, 2.45) is 0 Å². The van der Waals surface area contributed by atoms with Crippen molar-refractivity contribution in [1.29, 1.82) is 0 Å². The number of hydrogen-bond donors (Lipinski definition) is 2. The third-order valence-electron chi connectivity index (χ3n) is 5.01. The van der Waals surface area contributed by atoms with Crippen LogP contribution in [0.3, 0.4) is 0 Å². The Kier molecular flexibility index (Phi) is 6.12. The van der Waals surface area contributed by atoms with Gasteiger partial charge in [0.15, 0.2) is 0 Å². The molecule has 0 radical (unpaired) electrons. The molecule has 2 N–H and O–H groups in total.